The van der Waals surface area contributed by atoms with Gasteiger partial charge in [0.15, 0.2) is 0 Å². The van der Waals surface area contributed by atoms with E-state index in [1.165, 1.54) is 10.9 Å². The van der Waals surface area contributed by atoms with Crippen LogP contribution in [0.1, 0.15) is 24.2 Å². The van der Waals surface area contributed by atoms with Crippen LogP contribution in [0.5, 0.6) is 0 Å². The molecule has 0 saturated heterocycles. The normalized spacial score (nSPS) is 10.0. The van der Waals surface area contributed by atoms with Crippen LogP contribution in [-0.4, -0.2) is 34.9 Å². The number of nitrogen functional groups attached to an aromatic ring is 1. The van der Waals surface area contributed by atoms with Gasteiger partial charge < -0.3 is 15.2 Å². The third kappa shape index (κ3) is 3.20. The minimum atomic E-state index is -0.555. The van der Waals surface area contributed by atoms with Gasteiger partial charge in [0.1, 0.15) is 17.9 Å². The summed E-state index contributed by atoms with van der Waals surface area (Å²) in [5, 5.41) is 3.83. The van der Waals surface area contributed by atoms with Gasteiger partial charge >= 0.3 is 11.9 Å². The lowest BCUT2D eigenvalue weighted by atomic mass is 10.3. The molecule has 0 aliphatic heterocycles. The molecule has 2 N–H and O–H groups in total. The van der Waals surface area contributed by atoms with E-state index in [1.807, 2.05) is 0 Å². The Morgan fingerprint density at radius 3 is 2.59 bits per heavy atom. The molecule has 17 heavy (non-hydrogen) atoms. The summed E-state index contributed by atoms with van der Waals surface area (Å²) in [6.45, 7) is 3.80. The van der Waals surface area contributed by atoms with Gasteiger partial charge in [-0.25, -0.2) is 9.48 Å². The maximum Gasteiger partial charge on any atom is 0.343 e. The van der Waals surface area contributed by atoms with Crippen LogP contribution in [0, 0.1) is 0 Å². The van der Waals surface area contributed by atoms with Crippen molar-refractivity contribution in [2.45, 2.75) is 20.4 Å². The Bertz CT molecular complexity index is 414. The van der Waals surface area contributed by atoms with Crippen molar-refractivity contribution in [3.8, 4) is 0 Å². The molecule has 0 radical (unpaired) electrons. The summed E-state index contributed by atoms with van der Waals surface area (Å²) in [6.07, 6.45) is 1.27. The Labute approximate surface area is 98.5 Å². The van der Waals surface area contributed by atoms with Crippen molar-refractivity contribution in [1.82, 2.24) is 9.78 Å². The molecule has 0 aromatic carbocycles. The average Bonchev–Trinajstić information content (AvgIpc) is 2.61. The highest BCUT2D eigenvalue weighted by Crippen LogP contribution is 2.12. The first-order chi connectivity index (χ1) is 8.10. The van der Waals surface area contributed by atoms with E-state index in [2.05, 4.69) is 5.10 Å². The largest absolute Gasteiger partial charge is 0.465 e. The lowest BCUT2D eigenvalue weighted by Crippen LogP contribution is -2.17. The highest BCUT2D eigenvalue weighted by molar-refractivity contribution is 5.94. The van der Waals surface area contributed by atoms with Crippen molar-refractivity contribution in [1.29, 1.82) is 0 Å². The summed E-state index contributed by atoms with van der Waals surface area (Å²) >= 11 is 0. The van der Waals surface area contributed by atoms with Crippen molar-refractivity contribution >= 4 is 17.8 Å². The molecule has 0 aliphatic carbocycles. The monoisotopic (exact) mass is 241 g/mol. The van der Waals surface area contributed by atoms with Gasteiger partial charge in [-0.1, -0.05) is 0 Å². The van der Waals surface area contributed by atoms with Crippen LogP contribution in [-0.2, 0) is 20.8 Å². The van der Waals surface area contributed by atoms with Crippen molar-refractivity contribution in [3.63, 3.8) is 0 Å². The molecule has 0 unspecified atom stereocenters. The van der Waals surface area contributed by atoms with E-state index in [-0.39, 0.29) is 31.1 Å². The van der Waals surface area contributed by atoms with Gasteiger partial charge in [-0.05, 0) is 13.8 Å². The Hall–Kier alpha value is -2.05. The van der Waals surface area contributed by atoms with E-state index >= 15 is 0 Å². The summed E-state index contributed by atoms with van der Waals surface area (Å²) in [6, 6.07) is 0. The fourth-order valence-electron chi connectivity index (χ4n) is 1.22. The van der Waals surface area contributed by atoms with Crippen molar-refractivity contribution in [2.24, 2.45) is 0 Å². The van der Waals surface area contributed by atoms with Gasteiger partial charge in [0, 0.05) is 0 Å². The van der Waals surface area contributed by atoms with E-state index in [4.69, 9.17) is 15.2 Å². The summed E-state index contributed by atoms with van der Waals surface area (Å²) < 4.78 is 10.7. The van der Waals surface area contributed by atoms with Crippen molar-refractivity contribution in [2.75, 3.05) is 18.9 Å². The zero-order valence-electron chi connectivity index (χ0n) is 9.80. The van der Waals surface area contributed by atoms with Gasteiger partial charge in [-0.15, -0.1) is 0 Å². The minimum absolute atomic E-state index is 0.0940. The molecule has 1 aromatic rings. The van der Waals surface area contributed by atoms with Crippen LogP contribution in [0.25, 0.3) is 0 Å². The molecule has 1 heterocycles. The highest BCUT2D eigenvalue weighted by atomic mass is 16.5. The lowest BCUT2D eigenvalue weighted by molar-refractivity contribution is -0.144. The second-order valence-corrected chi connectivity index (χ2v) is 3.13. The molecular formula is C10H15N3O4. The summed E-state index contributed by atoms with van der Waals surface area (Å²) in [5.74, 6) is -0.922. The van der Waals surface area contributed by atoms with Crippen LogP contribution in [0.3, 0.4) is 0 Å². The van der Waals surface area contributed by atoms with Crippen LogP contribution in [0.15, 0.2) is 6.20 Å². The topological polar surface area (TPSA) is 96.4 Å². The first-order valence-corrected chi connectivity index (χ1v) is 5.24. The van der Waals surface area contributed by atoms with Crippen LogP contribution in [0.4, 0.5) is 5.82 Å². The molecular weight excluding hydrogens is 226 g/mol. The summed E-state index contributed by atoms with van der Waals surface area (Å²) in [7, 11) is 0. The molecule has 0 bridgehead atoms. The number of anilines is 1. The van der Waals surface area contributed by atoms with E-state index in [1.54, 1.807) is 13.8 Å². The fraction of sp³-hybridized carbons (Fsp3) is 0.500. The van der Waals surface area contributed by atoms with E-state index < -0.39 is 11.9 Å². The predicted octanol–water partition coefficient (Wildman–Crippen LogP) is 0.205. The van der Waals surface area contributed by atoms with Crippen LogP contribution >= 0.6 is 0 Å². The van der Waals surface area contributed by atoms with E-state index in [0.29, 0.717) is 0 Å². The minimum Gasteiger partial charge on any atom is -0.465 e. The number of carbonyl (C=O) groups is 2. The molecule has 0 atom stereocenters. The van der Waals surface area contributed by atoms with Gasteiger partial charge in [-0.3, -0.25) is 4.79 Å². The zero-order chi connectivity index (χ0) is 12.8. The molecule has 7 nitrogen and oxygen atoms in total. The molecule has 7 heteroatoms. The quantitative estimate of drug-likeness (QED) is 0.740. The molecule has 94 valence electrons. The zero-order valence-corrected chi connectivity index (χ0v) is 9.80. The molecule has 0 fully saturated rings. The second-order valence-electron chi connectivity index (χ2n) is 3.13. The smallest absolute Gasteiger partial charge is 0.343 e. The third-order valence-corrected chi connectivity index (χ3v) is 1.96. The molecule has 0 saturated carbocycles. The number of nitrogens with zero attached hydrogens (tertiary/aromatic N) is 2. The maximum atomic E-state index is 11.4. The van der Waals surface area contributed by atoms with E-state index in [9.17, 15) is 9.59 Å². The van der Waals surface area contributed by atoms with E-state index in [0.717, 1.165) is 0 Å². The number of ether oxygens (including phenoxy) is 2. The lowest BCUT2D eigenvalue weighted by Gasteiger charge is -2.04. The van der Waals surface area contributed by atoms with Gasteiger partial charge in [0.2, 0.25) is 0 Å². The predicted molar refractivity (Wildman–Crippen MR) is 59.2 cm³/mol. The number of hydrogen-bond acceptors (Lipinski definition) is 6. The summed E-state index contributed by atoms with van der Waals surface area (Å²) in [4.78, 5) is 22.6. The first kappa shape index (κ1) is 13.0. The maximum absolute atomic E-state index is 11.4. The molecule has 0 amide bonds. The number of aromatic nitrogens is 2. The average molecular weight is 241 g/mol. The Morgan fingerprint density at radius 2 is 2.00 bits per heavy atom. The molecule has 0 spiro atoms. The standard InChI is InChI=1S/C10H15N3O4/c1-3-16-8(14)6-13-9(11)7(5-12-13)10(15)17-4-2/h5H,3-4,6,11H2,1-2H3. The third-order valence-electron chi connectivity index (χ3n) is 1.96. The van der Waals surface area contributed by atoms with Crippen LogP contribution < -0.4 is 5.73 Å². The highest BCUT2D eigenvalue weighted by Gasteiger charge is 2.17. The number of carbonyl (C=O) groups excluding carboxylic acids is 2. The van der Waals surface area contributed by atoms with Crippen molar-refractivity contribution in [3.05, 3.63) is 11.8 Å². The van der Waals surface area contributed by atoms with Crippen molar-refractivity contribution < 1.29 is 19.1 Å². The number of rotatable bonds is 5. The Kier molecular flexibility index (Phi) is 4.50. The fourth-order valence-corrected chi connectivity index (χ4v) is 1.22. The summed E-state index contributed by atoms with van der Waals surface area (Å²) in [5.41, 5.74) is 5.82. The SMILES string of the molecule is CCOC(=O)Cn1ncc(C(=O)OCC)c1N. The number of hydrogen-bond donors (Lipinski definition) is 1. The molecule has 0 aliphatic rings. The van der Waals surface area contributed by atoms with Gasteiger partial charge in [-0.2, -0.15) is 5.10 Å². The Balaban J connectivity index is 2.77. The van der Waals surface area contributed by atoms with Gasteiger partial charge in [0.25, 0.3) is 0 Å². The van der Waals surface area contributed by atoms with Gasteiger partial charge in [0.05, 0.1) is 19.4 Å². The number of esters is 2. The molecule has 1 rings (SSSR count). The Morgan fingerprint density at radius 1 is 1.35 bits per heavy atom. The molecule has 1 aromatic heterocycles. The van der Waals surface area contributed by atoms with Crippen LogP contribution in [0.2, 0.25) is 0 Å². The first-order valence-electron chi connectivity index (χ1n) is 5.24. The second kappa shape index (κ2) is 5.88. The number of nitrogens with two attached hydrogens (primary N) is 1.